The first kappa shape index (κ1) is 16.9. The summed E-state index contributed by atoms with van der Waals surface area (Å²) in [5.74, 6) is -0.298. The van der Waals surface area contributed by atoms with Crippen molar-refractivity contribution < 1.29 is 13.2 Å². The minimum atomic E-state index is -3.64. The lowest BCUT2D eigenvalue weighted by molar-refractivity contribution is -0.116. The number of nitrogens with zero attached hydrogens (tertiary/aromatic N) is 1. The molecule has 0 unspecified atom stereocenters. The molecule has 0 atom stereocenters. The van der Waals surface area contributed by atoms with Gasteiger partial charge in [0.1, 0.15) is 0 Å². The van der Waals surface area contributed by atoms with Gasteiger partial charge in [-0.05, 0) is 31.2 Å². The van der Waals surface area contributed by atoms with Crippen LogP contribution in [0, 0.1) is 6.92 Å². The molecule has 0 saturated heterocycles. The van der Waals surface area contributed by atoms with Gasteiger partial charge in [0.05, 0.1) is 4.90 Å². The lowest BCUT2D eigenvalue weighted by atomic mass is 10.4. The number of rotatable bonds is 6. The number of carbonyl (C=O) groups is 1. The van der Waals surface area contributed by atoms with Gasteiger partial charge in [-0.15, -0.1) is 11.3 Å². The van der Waals surface area contributed by atoms with E-state index in [1.807, 2.05) is 6.92 Å². The van der Waals surface area contributed by atoms with E-state index in [4.69, 9.17) is 11.6 Å². The van der Waals surface area contributed by atoms with Crippen molar-refractivity contribution in [3.63, 3.8) is 0 Å². The number of anilines is 1. The Morgan fingerprint density at radius 2 is 2.00 bits per heavy atom. The van der Waals surface area contributed by atoms with Crippen molar-refractivity contribution in [3.05, 3.63) is 40.4 Å². The molecule has 2 N–H and O–H groups in total. The molecule has 0 fully saturated rings. The fraction of sp³-hybridized carbons (Fsp3) is 0.231. The Kier molecular flexibility index (Phi) is 5.52. The van der Waals surface area contributed by atoms with Gasteiger partial charge < -0.3 is 5.32 Å². The van der Waals surface area contributed by atoms with Crippen LogP contribution in [-0.4, -0.2) is 25.9 Å². The van der Waals surface area contributed by atoms with Gasteiger partial charge >= 0.3 is 0 Å². The molecule has 22 heavy (non-hydrogen) atoms. The lowest BCUT2D eigenvalue weighted by Gasteiger charge is -2.06. The summed E-state index contributed by atoms with van der Waals surface area (Å²) in [6, 6.07) is 5.80. The van der Waals surface area contributed by atoms with Crippen molar-refractivity contribution >= 4 is 44.0 Å². The molecular formula is C13H14ClN3O3S2. The maximum atomic E-state index is 12.0. The third-order valence-corrected chi connectivity index (χ3v) is 5.19. The highest BCUT2D eigenvalue weighted by Gasteiger charge is 2.14. The Labute approximate surface area is 137 Å². The summed E-state index contributed by atoms with van der Waals surface area (Å²) in [7, 11) is -3.64. The molecule has 118 valence electrons. The van der Waals surface area contributed by atoms with E-state index < -0.39 is 10.0 Å². The van der Waals surface area contributed by atoms with Gasteiger partial charge in [-0.3, -0.25) is 4.79 Å². The molecule has 0 bridgehead atoms. The SMILES string of the molecule is Cc1cnc(NC(=O)CCNS(=O)(=O)c2ccc(Cl)cc2)s1. The molecule has 2 rings (SSSR count). The summed E-state index contributed by atoms with van der Waals surface area (Å²) >= 11 is 7.07. The average Bonchev–Trinajstić information content (AvgIpc) is 2.84. The zero-order chi connectivity index (χ0) is 16.2. The number of aryl methyl sites for hydroxylation is 1. The van der Waals surface area contributed by atoms with Crippen molar-refractivity contribution in [2.75, 3.05) is 11.9 Å². The van der Waals surface area contributed by atoms with Crippen molar-refractivity contribution in [1.29, 1.82) is 0 Å². The van der Waals surface area contributed by atoms with Crippen LogP contribution in [0.5, 0.6) is 0 Å². The number of hydrogen-bond donors (Lipinski definition) is 2. The summed E-state index contributed by atoms with van der Waals surface area (Å²) < 4.78 is 26.3. The minimum Gasteiger partial charge on any atom is -0.302 e. The molecule has 1 heterocycles. The second-order valence-electron chi connectivity index (χ2n) is 4.43. The fourth-order valence-electron chi connectivity index (χ4n) is 1.59. The van der Waals surface area contributed by atoms with Gasteiger partial charge in [0.2, 0.25) is 15.9 Å². The molecule has 6 nitrogen and oxygen atoms in total. The zero-order valence-electron chi connectivity index (χ0n) is 11.7. The zero-order valence-corrected chi connectivity index (χ0v) is 14.1. The third-order valence-electron chi connectivity index (χ3n) is 2.64. The normalized spacial score (nSPS) is 11.4. The fourth-order valence-corrected chi connectivity index (χ4v) is 3.43. The second-order valence-corrected chi connectivity index (χ2v) is 7.86. The number of amides is 1. The monoisotopic (exact) mass is 359 g/mol. The topological polar surface area (TPSA) is 88.2 Å². The Bertz CT molecular complexity index is 757. The Morgan fingerprint density at radius 1 is 1.32 bits per heavy atom. The van der Waals surface area contributed by atoms with Crippen molar-refractivity contribution in [2.24, 2.45) is 0 Å². The van der Waals surface area contributed by atoms with E-state index in [2.05, 4.69) is 15.0 Å². The van der Waals surface area contributed by atoms with Crippen LogP contribution >= 0.6 is 22.9 Å². The molecule has 0 aliphatic carbocycles. The van der Waals surface area contributed by atoms with Crippen molar-refractivity contribution in [1.82, 2.24) is 9.71 Å². The minimum absolute atomic E-state index is 0.00114. The number of hydrogen-bond acceptors (Lipinski definition) is 5. The Morgan fingerprint density at radius 3 is 2.59 bits per heavy atom. The standard InChI is InChI=1S/C13H14ClN3O3S2/c1-9-8-15-13(21-9)17-12(18)6-7-16-22(19,20)11-4-2-10(14)3-5-11/h2-5,8,16H,6-7H2,1H3,(H,15,17,18). The average molecular weight is 360 g/mol. The van der Waals surface area contributed by atoms with Crippen LogP contribution in [0.25, 0.3) is 0 Å². The maximum Gasteiger partial charge on any atom is 0.240 e. The van der Waals surface area contributed by atoms with Gasteiger partial charge in [0, 0.05) is 29.1 Å². The molecule has 1 amide bonds. The summed E-state index contributed by atoms with van der Waals surface area (Å²) in [6.45, 7) is 1.88. The largest absolute Gasteiger partial charge is 0.302 e. The summed E-state index contributed by atoms with van der Waals surface area (Å²) in [5.41, 5.74) is 0. The third kappa shape index (κ3) is 4.77. The number of sulfonamides is 1. The molecule has 0 spiro atoms. The van der Waals surface area contributed by atoms with Crippen LogP contribution in [0.4, 0.5) is 5.13 Å². The summed E-state index contributed by atoms with van der Waals surface area (Å²) in [5, 5.41) is 3.57. The van der Waals surface area contributed by atoms with E-state index in [-0.39, 0.29) is 23.8 Å². The highest BCUT2D eigenvalue weighted by molar-refractivity contribution is 7.89. The Hall–Kier alpha value is -1.48. The van der Waals surface area contributed by atoms with Crippen LogP contribution in [0.15, 0.2) is 35.4 Å². The lowest BCUT2D eigenvalue weighted by Crippen LogP contribution is -2.27. The number of carbonyl (C=O) groups excluding carboxylic acids is 1. The van der Waals surface area contributed by atoms with Gasteiger partial charge in [0.25, 0.3) is 0 Å². The number of nitrogens with one attached hydrogen (secondary N) is 2. The predicted octanol–water partition coefficient (Wildman–Crippen LogP) is 2.41. The highest BCUT2D eigenvalue weighted by atomic mass is 35.5. The highest BCUT2D eigenvalue weighted by Crippen LogP contribution is 2.16. The van der Waals surface area contributed by atoms with Crippen LogP contribution < -0.4 is 10.0 Å². The van der Waals surface area contributed by atoms with Gasteiger partial charge in [0.15, 0.2) is 5.13 Å². The van der Waals surface area contributed by atoms with E-state index in [0.29, 0.717) is 10.2 Å². The van der Waals surface area contributed by atoms with Crippen LogP contribution in [0.2, 0.25) is 5.02 Å². The summed E-state index contributed by atoms with van der Waals surface area (Å²) in [4.78, 5) is 16.8. The summed E-state index contributed by atoms with van der Waals surface area (Å²) in [6.07, 6.45) is 1.68. The van der Waals surface area contributed by atoms with Crippen molar-refractivity contribution in [2.45, 2.75) is 18.2 Å². The van der Waals surface area contributed by atoms with Crippen molar-refractivity contribution in [3.8, 4) is 0 Å². The molecule has 2 aromatic rings. The van der Waals surface area contributed by atoms with E-state index in [1.54, 1.807) is 6.20 Å². The first-order valence-electron chi connectivity index (χ1n) is 6.34. The first-order chi connectivity index (χ1) is 10.4. The van der Waals surface area contributed by atoms with E-state index in [9.17, 15) is 13.2 Å². The molecule has 0 radical (unpaired) electrons. The van der Waals surface area contributed by atoms with E-state index in [0.717, 1.165) is 4.88 Å². The second kappa shape index (κ2) is 7.19. The number of benzene rings is 1. The van der Waals surface area contributed by atoms with E-state index >= 15 is 0 Å². The quantitative estimate of drug-likeness (QED) is 0.829. The molecule has 0 aliphatic heterocycles. The molecular weight excluding hydrogens is 346 g/mol. The number of aromatic nitrogens is 1. The number of thiazole rings is 1. The Balaban J connectivity index is 1.84. The van der Waals surface area contributed by atoms with Crippen LogP contribution in [0.1, 0.15) is 11.3 Å². The smallest absolute Gasteiger partial charge is 0.240 e. The molecule has 9 heteroatoms. The molecule has 0 saturated carbocycles. The predicted molar refractivity (Wildman–Crippen MR) is 86.7 cm³/mol. The molecule has 1 aromatic heterocycles. The van der Waals surface area contributed by atoms with Gasteiger partial charge in [-0.25, -0.2) is 18.1 Å². The van der Waals surface area contributed by atoms with Crippen LogP contribution in [-0.2, 0) is 14.8 Å². The molecule has 0 aliphatic rings. The number of halogens is 1. The van der Waals surface area contributed by atoms with Gasteiger partial charge in [-0.1, -0.05) is 11.6 Å². The van der Waals surface area contributed by atoms with Crippen LogP contribution in [0.3, 0.4) is 0 Å². The van der Waals surface area contributed by atoms with Gasteiger partial charge in [-0.2, -0.15) is 0 Å². The maximum absolute atomic E-state index is 12.0. The molecule has 1 aromatic carbocycles. The van der Waals surface area contributed by atoms with E-state index in [1.165, 1.54) is 35.6 Å². The first-order valence-corrected chi connectivity index (χ1v) is 9.02.